The lowest BCUT2D eigenvalue weighted by Gasteiger charge is -2.48. The van der Waals surface area contributed by atoms with Crippen molar-refractivity contribution < 1.29 is 43.4 Å². The number of carbonyl (C=O) groups is 1. The van der Waals surface area contributed by atoms with Crippen LogP contribution < -0.4 is 5.32 Å². The van der Waals surface area contributed by atoms with Crippen LogP contribution in [0.5, 0.6) is 0 Å². The second kappa shape index (κ2) is 12.4. The van der Waals surface area contributed by atoms with Crippen molar-refractivity contribution in [2.75, 3.05) is 35.0 Å². The molecule has 3 N–H and O–H groups in total. The first kappa shape index (κ1) is 30.1. The molecule has 3 unspecified atom stereocenters. The third-order valence-electron chi connectivity index (χ3n) is 7.74. The van der Waals surface area contributed by atoms with Gasteiger partial charge in [0.1, 0.15) is 6.10 Å². The Hall–Kier alpha value is -1.11. The highest BCUT2D eigenvalue weighted by Crippen LogP contribution is 2.41. The fourth-order valence-corrected chi connectivity index (χ4v) is 4.77. The molecule has 0 spiro atoms. The third-order valence-corrected chi connectivity index (χ3v) is 7.74. The predicted molar refractivity (Wildman–Crippen MR) is 129 cm³/mol. The van der Waals surface area contributed by atoms with Gasteiger partial charge in [-0.05, 0) is 6.92 Å². The fourth-order valence-electron chi connectivity index (χ4n) is 4.77. The van der Waals surface area contributed by atoms with Gasteiger partial charge in [-0.1, -0.05) is 32.9 Å². The standard InChI is InChI=1S/C25H45NO9/c1-14-12-25(33-9,35-16(3)15(14)2)21(28)22(29)26-23(32-8)18-11-19(27)24(4,5)20(34-18)10-17(31-7)13-30-6/h15-21,23,27-28H,1,10-13H2,2-9H3,(H,26,29)/t15?,16?,17-,18-,19+,20+,21?,23-,25-/m0/s1. The van der Waals surface area contributed by atoms with Crippen LogP contribution in [0.25, 0.3) is 0 Å². The van der Waals surface area contributed by atoms with Crippen molar-refractivity contribution in [1.82, 2.24) is 5.32 Å². The average Bonchev–Trinajstić information content (AvgIpc) is 2.82. The van der Waals surface area contributed by atoms with E-state index in [2.05, 4.69) is 11.9 Å². The molecule has 0 aromatic heterocycles. The third kappa shape index (κ3) is 6.61. The molecule has 2 aliphatic rings. The Kier molecular flexibility index (Phi) is 10.7. The SMILES string of the molecule is C=C1C[C@@](OC)(C(O)C(=O)N[C@@H](OC)[C@@H]2C[C@@H](O)C(C)(C)[C@@H](C[C@@H](COC)OC)O2)OC(C)C1C. The van der Waals surface area contributed by atoms with E-state index in [-0.39, 0.29) is 31.0 Å². The molecule has 2 aliphatic heterocycles. The highest BCUT2D eigenvalue weighted by atomic mass is 16.7. The minimum absolute atomic E-state index is 0.0618. The van der Waals surface area contributed by atoms with E-state index in [9.17, 15) is 15.0 Å². The minimum atomic E-state index is -1.64. The molecule has 2 rings (SSSR count). The van der Waals surface area contributed by atoms with Crippen molar-refractivity contribution in [2.24, 2.45) is 11.3 Å². The van der Waals surface area contributed by atoms with E-state index >= 15 is 0 Å². The van der Waals surface area contributed by atoms with Crippen molar-refractivity contribution >= 4 is 5.91 Å². The molecule has 2 fully saturated rings. The van der Waals surface area contributed by atoms with Gasteiger partial charge in [0.2, 0.25) is 5.79 Å². The average molecular weight is 504 g/mol. The second-order valence-electron chi connectivity index (χ2n) is 10.3. The quantitative estimate of drug-likeness (QED) is 0.283. The van der Waals surface area contributed by atoms with E-state index in [1.54, 1.807) is 14.2 Å². The first-order valence-corrected chi connectivity index (χ1v) is 12.1. The molecule has 2 saturated heterocycles. The Labute approximate surface area is 209 Å². The van der Waals surface area contributed by atoms with Crippen LogP contribution in [-0.2, 0) is 33.2 Å². The van der Waals surface area contributed by atoms with Gasteiger partial charge >= 0.3 is 0 Å². The molecule has 0 aromatic carbocycles. The lowest BCUT2D eigenvalue weighted by molar-refractivity contribution is -0.298. The summed E-state index contributed by atoms with van der Waals surface area (Å²) in [5, 5.41) is 24.6. The van der Waals surface area contributed by atoms with Crippen LogP contribution in [0.1, 0.15) is 47.0 Å². The fraction of sp³-hybridized carbons (Fsp3) is 0.880. The van der Waals surface area contributed by atoms with Crippen LogP contribution in [-0.4, -0.2) is 99.8 Å². The Bertz CT molecular complexity index is 717. The highest BCUT2D eigenvalue weighted by molar-refractivity contribution is 5.82. The monoisotopic (exact) mass is 503 g/mol. The summed E-state index contributed by atoms with van der Waals surface area (Å²) < 4.78 is 34.1. The van der Waals surface area contributed by atoms with Gasteiger partial charge in [0.25, 0.3) is 5.91 Å². The Morgan fingerprint density at radius 1 is 1.23 bits per heavy atom. The molecule has 9 atom stereocenters. The largest absolute Gasteiger partial charge is 0.392 e. The maximum Gasteiger partial charge on any atom is 0.256 e. The lowest BCUT2D eigenvalue weighted by Crippen LogP contribution is -2.62. The summed E-state index contributed by atoms with van der Waals surface area (Å²) in [5.41, 5.74) is 0.264. The molecule has 0 radical (unpaired) electrons. The molecule has 10 nitrogen and oxygen atoms in total. The van der Waals surface area contributed by atoms with Crippen LogP contribution in [0.4, 0.5) is 0 Å². The highest BCUT2D eigenvalue weighted by Gasteiger charge is 2.51. The Morgan fingerprint density at radius 3 is 2.40 bits per heavy atom. The van der Waals surface area contributed by atoms with Crippen LogP contribution in [0.3, 0.4) is 0 Å². The summed E-state index contributed by atoms with van der Waals surface area (Å²) in [6.45, 7) is 12.1. The van der Waals surface area contributed by atoms with E-state index in [1.165, 1.54) is 14.2 Å². The zero-order valence-electron chi connectivity index (χ0n) is 22.4. The lowest BCUT2D eigenvalue weighted by atomic mass is 9.74. The number of amides is 1. The van der Waals surface area contributed by atoms with Gasteiger partial charge in [0.15, 0.2) is 12.3 Å². The normalized spacial score (nSPS) is 35.8. The van der Waals surface area contributed by atoms with Gasteiger partial charge in [-0.2, -0.15) is 0 Å². The van der Waals surface area contributed by atoms with E-state index in [4.69, 9.17) is 28.4 Å². The summed E-state index contributed by atoms with van der Waals surface area (Å²) in [6.07, 6.45) is -3.97. The van der Waals surface area contributed by atoms with Gasteiger partial charge in [-0.25, -0.2) is 0 Å². The Morgan fingerprint density at radius 2 is 1.89 bits per heavy atom. The number of methoxy groups -OCH3 is 4. The first-order chi connectivity index (χ1) is 16.4. The molecule has 35 heavy (non-hydrogen) atoms. The van der Waals surface area contributed by atoms with Crippen molar-refractivity contribution in [1.29, 1.82) is 0 Å². The topological polar surface area (TPSA) is 125 Å². The van der Waals surface area contributed by atoms with Gasteiger partial charge in [-0.15, -0.1) is 0 Å². The van der Waals surface area contributed by atoms with Crippen LogP contribution in [0.15, 0.2) is 12.2 Å². The first-order valence-electron chi connectivity index (χ1n) is 12.1. The molecular weight excluding hydrogens is 458 g/mol. The summed E-state index contributed by atoms with van der Waals surface area (Å²) in [7, 11) is 6.01. The van der Waals surface area contributed by atoms with Crippen molar-refractivity contribution in [3.05, 3.63) is 12.2 Å². The maximum absolute atomic E-state index is 13.1. The van der Waals surface area contributed by atoms with Crippen molar-refractivity contribution in [2.45, 2.75) is 95.6 Å². The summed E-state index contributed by atoms with van der Waals surface area (Å²) >= 11 is 0. The van der Waals surface area contributed by atoms with E-state index in [1.807, 2.05) is 27.7 Å². The number of carbonyl (C=O) groups excluding carboxylic acids is 1. The molecule has 0 aliphatic carbocycles. The number of nitrogens with one attached hydrogen (secondary N) is 1. The molecule has 2 heterocycles. The maximum atomic E-state index is 13.1. The number of ether oxygens (including phenoxy) is 6. The zero-order valence-corrected chi connectivity index (χ0v) is 22.4. The van der Waals surface area contributed by atoms with Crippen LogP contribution in [0, 0.1) is 11.3 Å². The van der Waals surface area contributed by atoms with Crippen LogP contribution in [0.2, 0.25) is 0 Å². The van der Waals surface area contributed by atoms with Gasteiger partial charge in [0.05, 0.1) is 31.0 Å². The minimum Gasteiger partial charge on any atom is -0.392 e. The number of aliphatic hydroxyl groups excluding tert-OH is 2. The van der Waals surface area contributed by atoms with Crippen molar-refractivity contribution in [3.63, 3.8) is 0 Å². The van der Waals surface area contributed by atoms with Gasteiger partial charge in [0, 0.05) is 59.0 Å². The van der Waals surface area contributed by atoms with Gasteiger partial charge < -0.3 is 44.0 Å². The molecule has 10 heteroatoms. The van der Waals surface area contributed by atoms with E-state index in [0.717, 1.165) is 5.57 Å². The predicted octanol–water partition coefficient (Wildman–Crippen LogP) is 1.38. The molecule has 0 saturated carbocycles. The second-order valence-corrected chi connectivity index (χ2v) is 10.3. The van der Waals surface area contributed by atoms with Gasteiger partial charge in [-0.3, -0.25) is 4.79 Å². The molecular formula is C25H45NO9. The Balaban J connectivity index is 2.16. The summed E-state index contributed by atoms with van der Waals surface area (Å²) in [5.74, 6) is -2.23. The van der Waals surface area contributed by atoms with Crippen LogP contribution >= 0.6 is 0 Å². The zero-order chi connectivity index (χ0) is 26.6. The van der Waals surface area contributed by atoms with E-state index < -0.39 is 47.8 Å². The molecule has 0 aromatic rings. The number of rotatable bonds is 11. The summed E-state index contributed by atoms with van der Waals surface area (Å²) in [4.78, 5) is 13.1. The smallest absolute Gasteiger partial charge is 0.256 e. The number of hydrogen-bond donors (Lipinski definition) is 3. The van der Waals surface area contributed by atoms with E-state index in [0.29, 0.717) is 13.0 Å². The number of aliphatic hydroxyl groups is 2. The summed E-state index contributed by atoms with van der Waals surface area (Å²) in [6, 6.07) is 0. The number of hydrogen-bond acceptors (Lipinski definition) is 9. The molecule has 1 amide bonds. The molecule has 0 bridgehead atoms. The van der Waals surface area contributed by atoms with Crippen molar-refractivity contribution in [3.8, 4) is 0 Å². The molecule has 204 valence electrons.